The molecule has 1 heterocycles. The Balaban J connectivity index is 1.30. The summed E-state index contributed by atoms with van der Waals surface area (Å²) in [5, 5.41) is 21.4. The van der Waals surface area contributed by atoms with Crippen molar-refractivity contribution in [2.75, 3.05) is 23.0 Å². The highest BCUT2D eigenvalue weighted by atomic mass is 16.3. The lowest BCUT2D eigenvalue weighted by atomic mass is 9.83. The van der Waals surface area contributed by atoms with Crippen LogP contribution in [0.3, 0.4) is 0 Å². The fourth-order valence-electron chi connectivity index (χ4n) is 5.72. The van der Waals surface area contributed by atoms with Crippen LogP contribution in [0.2, 0.25) is 0 Å². The normalized spacial score (nSPS) is 16.4. The third-order valence-corrected chi connectivity index (χ3v) is 8.19. The second-order valence-electron chi connectivity index (χ2n) is 11.1. The molecule has 3 amide bonds. The minimum absolute atomic E-state index is 0.0694. The molecular formula is C37H37N3O5. The summed E-state index contributed by atoms with van der Waals surface area (Å²) in [5.74, 6) is -1.23. The number of benzene rings is 4. The van der Waals surface area contributed by atoms with E-state index in [2.05, 4.69) is 0 Å². The molecule has 2 N–H and O–H groups in total. The number of carbonyl (C=O) groups excluding carboxylic acids is 3. The highest BCUT2D eigenvalue weighted by Crippen LogP contribution is 2.45. The minimum Gasteiger partial charge on any atom is -0.395 e. The van der Waals surface area contributed by atoms with E-state index in [1.165, 1.54) is 0 Å². The number of aliphatic hydroxyl groups is 2. The van der Waals surface area contributed by atoms with Crippen molar-refractivity contribution in [3.63, 3.8) is 0 Å². The molecule has 230 valence electrons. The molecular weight excluding hydrogens is 566 g/mol. The summed E-state index contributed by atoms with van der Waals surface area (Å²) in [4.78, 5) is 43.5. The first-order chi connectivity index (χ1) is 21.9. The minimum atomic E-state index is -1.81. The van der Waals surface area contributed by atoms with Crippen LogP contribution < -0.4 is 9.80 Å². The second-order valence-corrected chi connectivity index (χ2v) is 11.1. The molecule has 5 rings (SSSR count). The standard InChI is InChI=1S/C37H37N3O5/c1-28(11-10-18-35(43)38(23-24-41)25-29-12-4-2-5-13-29)37(45)33-16-8-9-17-34(33)39(36(37)44)26-30-19-21-32(22-20-30)40(27-42)31-14-6-3-7-15-31/h2-17,19-22,27-28,41,45H,18,23-26H2,1H3/b11-10+/t28-,37+/m0/s1. The Hall–Kier alpha value is -5.05. The number of aliphatic hydroxyl groups excluding tert-OH is 1. The quantitative estimate of drug-likeness (QED) is 0.159. The van der Waals surface area contributed by atoms with Gasteiger partial charge in [-0.05, 0) is 41.5 Å². The second kappa shape index (κ2) is 14.2. The zero-order valence-electron chi connectivity index (χ0n) is 25.2. The van der Waals surface area contributed by atoms with Crippen LogP contribution in [0.25, 0.3) is 0 Å². The first kappa shape index (κ1) is 31.4. The maximum Gasteiger partial charge on any atom is 0.264 e. The van der Waals surface area contributed by atoms with Crippen molar-refractivity contribution in [1.29, 1.82) is 0 Å². The average molecular weight is 604 g/mol. The highest BCUT2D eigenvalue weighted by molar-refractivity contribution is 6.07. The number of hydrogen-bond acceptors (Lipinski definition) is 5. The number of nitrogens with zero attached hydrogens (tertiary/aromatic N) is 3. The molecule has 0 fully saturated rings. The van der Waals surface area contributed by atoms with Gasteiger partial charge in [-0.25, -0.2) is 0 Å². The zero-order valence-corrected chi connectivity index (χ0v) is 25.2. The Morgan fingerprint density at radius 3 is 2.16 bits per heavy atom. The number of fused-ring (bicyclic) bond motifs is 1. The molecule has 0 saturated heterocycles. The molecule has 0 aliphatic carbocycles. The molecule has 4 aromatic rings. The molecule has 8 nitrogen and oxygen atoms in total. The maximum absolute atomic E-state index is 13.9. The summed E-state index contributed by atoms with van der Waals surface area (Å²) >= 11 is 0. The van der Waals surface area contributed by atoms with Crippen LogP contribution in [0, 0.1) is 5.92 Å². The van der Waals surface area contributed by atoms with E-state index in [1.807, 2.05) is 97.1 Å². The van der Waals surface area contributed by atoms with Gasteiger partial charge in [0.2, 0.25) is 12.3 Å². The molecule has 0 spiro atoms. The molecule has 1 aliphatic heterocycles. The van der Waals surface area contributed by atoms with E-state index in [0.717, 1.165) is 23.2 Å². The largest absolute Gasteiger partial charge is 0.395 e. The molecule has 45 heavy (non-hydrogen) atoms. The molecule has 0 aromatic heterocycles. The fraction of sp³-hybridized carbons (Fsp3) is 0.216. The highest BCUT2D eigenvalue weighted by Gasteiger charge is 2.52. The van der Waals surface area contributed by atoms with Gasteiger partial charge < -0.3 is 20.0 Å². The summed E-state index contributed by atoms with van der Waals surface area (Å²) in [5.41, 5.74) is 2.56. The van der Waals surface area contributed by atoms with Crippen molar-refractivity contribution in [2.45, 2.75) is 32.0 Å². The summed E-state index contributed by atoms with van der Waals surface area (Å²) in [6.07, 6.45) is 4.23. The van der Waals surface area contributed by atoms with Gasteiger partial charge in [0.15, 0.2) is 5.60 Å². The van der Waals surface area contributed by atoms with Crippen LogP contribution in [0.15, 0.2) is 121 Å². The van der Waals surface area contributed by atoms with E-state index < -0.39 is 17.4 Å². The van der Waals surface area contributed by atoms with Gasteiger partial charge in [0.1, 0.15) is 0 Å². The van der Waals surface area contributed by atoms with Crippen LogP contribution in [-0.2, 0) is 33.1 Å². The fourth-order valence-corrected chi connectivity index (χ4v) is 5.72. The summed E-state index contributed by atoms with van der Waals surface area (Å²) in [6.45, 7) is 2.44. The molecule has 1 aliphatic rings. The van der Waals surface area contributed by atoms with Gasteiger partial charge in [-0.3, -0.25) is 19.3 Å². The molecule has 8 heteroatoms. The lowest BCUT2D eigenvalue weighted by Crippen LogP contribution is -2.44. The van der Waals surface area contributed by atoms with Crippen molar-refractivity contribution >= 4 is 35.3 Å². The predicted molar refractivity (Wildman–Crippen MR) is 174 cm³/mol. The van der Waals surface area contributed by atoms with Crippen LogP contribution in [0.1, 0.15) is 30.0 Å². The van der Waals surface area contributed by atoms with Gasteiger partial charge >= 0.3 is 0 Å². The van der Waals surface area contributed by atoms with Crippen molar-refractivity contribution in [1.82, 2.24) is 4.90 Å². The predicted octanol–water partition coefficient (Wildman–Crippen LogP) is 5.32. The molecule has 2 atom stereocenters. The van der Waals surface area contributed by atoms with Crippen LogP contribution in [-0.4, -0.2) is 46.5 Å². The van der Waals surface area contributed by atoms with Crippen LogP contribution in [0.4, 0.5) is 17.1 Å². The Morgan fingerprint density at radius 1 is 0.867 bits per heavy atom. The van der Waals surface area contributed by atoms with Crippen molar-refractivity contribution < 1.29 is 24.6 Å². The van der Waals surface area contributed by atoms with E-state index in [0.29, 0.717) is 23.5 Å². The lowest BCUT2D eigenvalue weighted by molar-refractivity contribution is -0.139. The lowest BCUT2D eigenvalue weighted by Gasteiger charge is -2.28. The van der Waals surface area contributed by atoms with E-state index in [-0.39, 0.29) is 32.0 Å². The van der Waals surface area contributed by atoms with Crippen LogP contribution in [0.5, 0.6) is 0 Å². The molecule has 0 unspecified atom stereocenters. The van der Waals surface area contributed by atoms with Crippen LogP contribution >= 0.6 is 0 Å². The third-order valence-electron chi connectivity index (χ3n) is 8.19. The average Bonchev–Trinajstić information content (AvgIpc) is 3.29. The Labute approximate surface area is 263 Å². The number of carbonyl (C=O) groups is 3. The van der Waals surface area contributed by atoms with E-state index >= 15 is 0 Å². The van der Waals surface area contributed by atoms with Gasteiger partial charge in [0, 0.05) is 42.4 Å². The van der Waals surface area contributed by atoms with E-state index in [1.54, 1.807) is 45.9 Å². The molecule has 0 radical (unpaired) electrons. The van der Waals surface area contributed by atoms with Crippen molar-refractivity contribution in [3.05, 3.63) is 138 Å². The van der Waals surface area contributed by atoms with Gasteiger partial charge in [-0.1, -0.05) is 97.9 Å². The monoisotopic (exact) mass is 603 g/mol. The number of anilines is 3. The van der Waals surface area contributed by atoms with E-state index in [9.17, 15) is 24.6 Å². The van der Waals surface area contributed by atoms with Gasteiger partial charge in [-0.2, -0.15) is 0 Å². The smallest absolute Gasteiger partial charge is 0.264 e. The number of para-hydroxylation sites is 2. The number of rotatable bonds is 13. The zero-order chi connectivity index (χ0) is 31.8. The van der Waals surface area contributed by atoms with E-state index in [4.69, 9.17) is 0 Å². The first-order valence-corrected chi connectivity index (χ1v) is 15.0. The van der Waals surface area contributed by atoms with Crippen molar-refractivity contribution in [2.24, 2.45) is 5.92 Å². The van der Waals surface area contributed by atoms with Gasteiger partial charge in [0.05, 0.1) is 18.8 Å². The Morgan fingerprint density at radius 2 is 1.49 bits per heavy atom. The number of amides is 3. The topological polar surface area (TPSA) is 101 Å². The first-order valence-electron chi connectivity index (χ1n) is 15.0. The summed E-state index contributed by atoms with van der Waals surface area (Å²) in [6, 6.07) is 33.5. The molecule has 0 saturated carbocycles. The molecule has 0 bridgehead atoms. The Kier molecular flexibility index (Phi) is 9.87. The van der Waals surface area contributed by atoms with Crippen molar-refractivity contribution in [3.8, 4) is 0 Å². The third kappa shape index (κ3) is 6.72. The summed E-state index contributed by atoms with van der Waals surface area (Å²) < 4.78 is 0. The van der Waals surface area contributed by atoms with Gasteiger partial charge in [-0.15, -0.1) is 0 Å². The Bertz CT molecular complexity index is 1640. The number of hydrogen-bond donors (Lipinski definition) is 2. The SMILES string of the molecule is C[C@@H](/C=C/CC(=O)N(CCO)Cc1ccccc1)[C@]1(O)C(=O)N(Cc2ccc(N(C=O)c3ccccc3)cc2)c2ccccc21. The maximum atomic E-state index is 13.9. The molecule has 4 aromatic carbocycles. The van der Waals surface area contributed by atoms with Gasteiger partial charge in [0.25, 0.3) is 5.91 Å². The summed E-state index contributed by atoms with van der Waals surface area (Å²) in [7, 11) is 0.